The Bertz CT molecular complexity index is 712. The van der Waals surface area contributed by atoms with Crippen LogP contribution in [-0.2, 0) is 20.9 Å². The third-order valence-corrected chi connectivity index (χ3v) is 4.13. The first-order valence-corrected chi connectivity index (χ1v) is 8.22. The van der Waals surface area contributed by atoms with Crippen LogP contribution >= 0.6 is 11.8 Å². The maximum atomic E-state index is 12.1. The summed E-state index contributed by atoms with van der Waals surface area (Å²) >= 11 is 1.26. The van der Waals surface area contributed by atoms with E-state index in [1.54, 1.807) is 36.4 Å². The number of esters is 1. The number of ether oxygens (including phenoxy) is 1. The minimum Gasteiger partial charge on any atom is -0.467 e. The van der Waals surface area contributed by atoms with E-state index < -0.39 is 11.9 Å². The molecule has 0 fully saturated rings. The zero-order valence-corrected chi connectivity index (χ0v) is 13.9. The summed E-state index contributed by atoms with van der Waals surface area (Å²) in [6.07, 6.45) is 1.51. The van der Waals surface area contributed by atoms with Crippen molar-refractivity contribution in [3.63, 3.8) is 0 Å². The standard InChI is InChI=1S/C17H17NO5S/c1-12(19)11-24-15-7-3-2-6-14(15)17(21)23-10-16(20)18-9-13-5-4-8-22-13/h2-8H,9-11H2,1H3,(H,18,20). The molecule has 1 N–H and O–H groups in total. The van der Waals surface area contributed by atoms with Crippen molar-refractivity contribution >= 4 is 29.4 Å². The quantitative estimate of drug-likeness (QED) is 0.583. The highest BCUT2D eigenvalue weighted by Gasteiger charge is 2.15. The Balaban J connectivity index is 1.85. The lowest BCUT2D eigenvalue weighted by Crippen LogP contribution is -2.28. The number of furan rings is 1. The van der Waals surface area contributed by atoms with Gasteiger partial charge in [0.2, 0.25) is 0 Å². The fraction of sp³-hybridized carbons (Fsp3) is 0.235. The number of Topliss-reactive ketones (excluding diaryl/α,β-unsaturated/α-hetero) is 1. The molecule has 2 rings (SSSR count). The van der Waals surface area contributed by atoms with E-state index in [9.17, 15) is 14.4 Å². The van der Waals surface area contributed by atoms with Crippen LogP contribution in [-0.4, -0.2) is 30.0 Å². The summed E-state index contributed by atoms with van der Waals surface area (Å²) in [5.41, 5.74) is 0.336. The van der Waals surface area contributed by atoms with Crippen LogP contribution in [0.3, 0.4) is 0 Å². The van der Waals surface area contributed by atoms with E-state index in [0.29, 0.717) is 16.2 Å². The van der Waals surface area contributed by atoms with E-state index >= 15 is 0 Å². The summed E-state index contributed by atoms with van der Waals surface area (Å²) in [5.74, 6) is -0.127. The Morgan fingerprint density at radius 1 is 1.17 bits per heavy atom. The molecule has 7 heteroatoms. The number of benzene rings is 1. The lowest BCUT2D eigenvalue weighted by molar-refractivity contribution is -0.124. The fourth-order valence-electron chi connectivity index (χ4n) is 1.80. The van der Waals surface area contributed by atoms with Crippen molar-refractivity contribution in [3.8, 4) is 0 Å². The molecular formula is C17H17NO5S. The highest BCUT2D eigenvalue weighted by Crippen LogP contribution is 2.23. The van der Waals surface area contributed by atoms with Crippen molar-refractivity contribution in [2.75, 3.05) is 12.4 Å². The second-order valence-corrected chi connectivity index (χ2v) is 5.94. The second kappa shape index (κ2) is 8.93. The van der Waals surface area contributed by atoms with E-state index in [1.165, 1.54) is 24.9 Å². The Labute approximate surface area is 143 Å². The van der Waals surface area contributed by atoms with Crippen LogP contribution in [0.15, 0.2) is 52.0 Å². The lowest BCUT2D eigenvalue weighted by Gasteiger charge is -2.09. The van der Waals surface area contributed by atoms with Crippen LogP contribution in [0.25, 0.3) is 0 Å². The smallest absolute Gasteiger partial charge is 0.339 e. The van der Waals surface area contributed by atoms with Gasteiger partial charge >= 0.3 is 5.97 Å². The number of rotatable bonds is 8. The number of thioether (sulfide) groups is 1. The van der Waals surface area contributed by atoms with Crippen molar-refractivity contribution in [2.45, 2.75) is 18.4 Å². The summed E-state index contributed by atoms with van der Waals surface area (Å²) < 4.78 is 10.1. The molecule has 0 saturated heterocycles. The minimum atomic E-state index is -0.602. The van der Waals surface area contributed by atoms with Crippen molar-refractivity contribution in [1.29, 1.82) is 0 Å². The maximum absolute atomic E-state index is 12.1. The Kier molecular flexibility index (Phi) is 6.62. The van der Waals surface area contributed by atoms with Gasteiger partial charge in [-0.15, -0.1) is 11.8 Å². The van der Waals surface area contributed by atoms with Gasteiger partial charge in [-0.25, -0.2) is 4.79 Å². The number of hydrogen-bond acceptors (Lipinski definition) is 6. The van der Waals surface area contributed by atoms with Gasteiger partial charge in [-0.3, -0.25) is 9.59 Å². The Hall–Kier alpha value is -2.54. The number of nitrogens with one attached hydrogen (secondary N) is 1. The molecule has 1 heterocycles. The van der Waals surface area contributed by atoms with Gasteiger partial charge in [-0.05, 0) is 31.2 Å². The van der Waals surface area contributed by atoms with Crippen molar-refractivity contribution in [2.24, 2.45) is 0 Å². The van der Waals surface area contributed by atoms with Crippen LogP contribution < -0.4 is 5.32 Å². The average molecular weight is 347 g/mol. The molecule has 0 aliphatic heterocycles. The third kappa shape index (κ3) is 5.58. The largest absolute Gasteiger partial charge is 0.467 e. The van der Waals surface area contributed by atoms with Crippen molar-refractivity contribution < 1.29 is 23.5 Å². The Morgan fingerprint density at radius 2 is 1.96 bits per heavy atom. The molecule has 0 spiro atoms. The second-order valence-electron chi connectivity index (χ2n) is 4.92. The Morgan fingerprint density at radius 3 is 2.67 bits per heavy atom. The summed E-state index contributed by atoms with van der Waals surface area (Å²) in [5, 5.41) is 2.59. The zero-order valence-electron chi connectivity index (χ0n) is 13.1. The molecule has 0 radical (unpaired) electrons. The normalized spacial score (nSPS) is 10.2. The van der Waals surface area contributed by atoms with Crippen LogP contribution in [0.5, 0.6) is 0 Å². The predicted molar refractivity (Wildman–Crippen MR) is 88.7 cm³/mol. The van der Waals surface area contributed by atoms with Gasteiger partial charge < -0.3 is 14.5 Å². The molecule has 126 valence electrons. The fourth-order valence-corrected chi connectivity index (χ4v) is 2.64. The zero-order chi connectivity index (χ0) is 17.4. The third-order valence-electron chi connectivity index (χ3n) is 2.91. The molecule has 0 aliphatic carbocycles. The van der Waals surface area contributed by atoms with Crippen LogP contribution in [0.2, 0.25) is 0 Å². The summed E-state index contributed by atoms with van der Waals surface area (Å²) in [7, 11) is 0. The molecule has 1 amide bonds. The van der Waals surface area contributed by atoms with Gasteiger partial charge in [0, 0.05) is 4.90 Å². The monoisotopic (exact) mass is 347 g/mol. The number of ketones is 1. The summed E-state index contributed by atoms with van der Waals surface area (Å²) in [6, 6.07) is 10.3. The molecule has 0 atom stereocenters. The lowest BCUT2D eigenvalue weighted by atomic mass is 10.2. The molecule has 1 aromatic carbocycles. The van der Waals surface area contributed by atoms with E-state index in [1.807, 2.05) is 0 Å². The van der Waals surface area contributed by atoms with Crippen molar-refractivity contribution in [3.05, 3.63) is 54.0 Å². The van der Waals surface area contributed by atoms with E-state index in [2.05, 4.69) is 5.32 Å². The molecule has 24 heavy (non-hydrogen) atoms. The molecule has 6 nitrogen and oxygen atoms in total. The molecule has 0 bridgehead atoms. The van der Waals surface area contributed by atoms with Crippen LogP contribution in [0, 0.1) is 0 Å². The van der Waals surface area contributed by atoms with Gasteiger partial charge in [0.15, 0.2) is 6.61 Å². The molecule has 2 aromatic rings. The minimum absolute atomic E-state index is 0.0143. The van der Waals surface area contributed by atoms with Gasteiger partial charge in [0.25, 0.3) is 5.91 Å². The number of carbonyl (C=O) groups excluding carboxylic acids is 3. The van der Waals surface area contributed by atoms with Crippen LogP contribution in [0.4, 0.5) is 0 Å². The maximum Gasteiger partial charge on any atom is 0.339 e. The average Bonchev–Trinajstić information content (AvgIpc) is 3.09. The van der Waals surface area contributed by atoms with E-state index in [-0.39, 0.29) is 24.7 Å². The summed E-state index contributed by atoms with van der Waals surface area (Å²) in [4.78, 5) is 35.6. The van der Waals surface area contributed by atoms with Gasteiger partial charge in [-0.2, -0.15) is 0 Å². The highest BCUT2D eigenvalue weighted by atomic mass is 32.2. The first-order valence-electron chi connectivity index (χ1n) is 7.23. The van der Waals surface area contributed by atoms with Gasteiger partial charge in [-0.1, -0.05) is 12.1 Å². The van der Waals surface area contributed by atoms with E-state index in [0.717, 1.165) is 0 Å². The highest BCUT2D eigenvalue weighted by molar-refractivity contribution is 8.00. The number of carbonyl (C=O) groups is 3. The first-order chi connectivity index (χ1) is 11.6. The van der Waals surface area contributed by atoms with Gasteiger partial charge in [0.05, 0.1) is 24.1 Å². The molecule has 0 aliphatic rings. The predicted octanol–water partition coefficient (Wildman–Crippen LogP) is 2.43. The number of amides is 1. The number of hydrogen-bond donors (Lipinski definition) is 1. The molecule has 1 aromatic heterocycles. The van der Waals surface area contributed by atoms with Crippen molar-refractivity contribution in [1.82, 2.24) is 5.32 Å². The van der Waals surface area contributed by atoms with Gasteiger partial charge in [0.1, 0.15) is 11.5 Å². The van der Waals surface area contributed by atoms with Crippen LogP contribution in [0.1, 0.15) is 23.0 Å². The molecule has 0 unspecified atom stereocenters. The molecule has 0 saturated carbocycles. The van der Waals surface area contributed by atoms with E-state index in [4.69, 9.17) is 9.15 Å². The summed E-state index contributed by atoms with van der Waals surface area (Å²) in [6.45, 7) is 1.33. The SMILES string of the molecule is CC(=O)CSc1ccccc1C(=O)OCC(=O)NCc1ccco1. The first kappa shape index (κ1) is 17.8. The topological polar surface area (TPSA) is 85.6 Å². The molecular weight excluding hydrogens is 330 g/mol.